The number of phenolic OH excluding ortho intramolecular Hbond substituents is 1. The summed E-state index contributed by atoms with van der Waals surface area (Å²) >= 11 is 0. The van der Waals surface area contributed by atoms with Gasteiger partial charge < -0.3 is 9.63 Å². The van der Waals surface area contributed by atoms with Crippen LogP contribution in [0.25, 0.3) is 16.5 Å². The molecule has 0 saturated heterocycles. The van der Waals surface area contributed by atoms with E-state index in [1.54, 1.807) is 12.1 Å². The topological polar surface area (TPSA) is 46.3 Å². The fraction of sp³-hybridized carbons (Fsp3) is 0.214. The molecule has 0 aliphatic heterocycles. The molecular weight excluding hydrogens is 214 g/mol. The molecule has 0 amide bonds. The molecule has 1 heterocycles. The quantitative estimate of drug-likeness (QED) is 0.812. The van der Waals surface area contributed by atoms with E-state index in [9.17, 15) is 5.11 Å². The van der Waals surface area contributed by atoms with Gasteiger partial charge in [-0.15, -0.1) is 0 Å². The van der Waals surface area contributed by atoms with E-state index in [2.05, 4.69) is 18.2 Å². The van der Waals surface area contributed by atoms with E-state index in [-0.39, 0.29) is 5.75 Å². The fourth-order valence-corrected chi connectivity index (χ4v) is 1.78. The Morgan fingerprint density at radius 3 is 3.00 bits per heavy atom. The zero-order valence-electron chi connectivity index (χ0n) is 9.97. The van der Waals surface area contributed by atoms with E-state index < -0.39 is 0 Å². The van der Waals surface area contributed by atoms with E-state index >= 15 is 0 Å². The monoisotopic (exact) mass is 229 g/mol. The van der Waals surface area contributed by atoms with Gasteiger partial charge in [0.05, 0.1) is 0 Å². The van der Waals surface area contributed by atoms with Gasteiger partial charge in [-0.3, -0.25) is 0 Å². The summed E-state index contributed by atoms with van der Waals surface area (Å²) in [7, 11) is 0. The molecule has 3 nitrogen and oxygen atoms in total. The summed E-state index contributed by atoms with van der Waals surface area (Å²) in [5.41, 5.74) is 2.46. The van der Waals surface area contributed by atoms with Crippen molar-refractivity contribution in [3.8, 4) is 5.75 Å². The predicted octanol–water partition coefficient (Wildman–Crippen LogP) is 3.90. The van der Waals surface area contributed by atoms with Gasteiger partial charge in [0.15, 0.2) is 5.58 Å². The molecular formula is C14H15NO2. The molecule has 0 aliphatic rings. The van der Waals surface area contributed by atoms with Crippen LogP contribution in [0.15, 0.2) is 41.0 Å². The molecule has 1 N–H and O–H groups in total. The summed E-state index contributed by atoms with van der Waals surface area (Å²) in [6.07, 6.45) is 7.02. The van der Waals surface area contributed by atoms with Gasteiger partial charge in [0, 0.05) is 11.5 Å². The predicted molar refractivity (Wildman–Crippen MR) is 68.8 cm³/mol. The number of benzene rings is 1. The maximum absolute atomic E-state index is 9.37. The molecule has 0 fully saturated rings. The van der Waals surface area contributed by atoms with Crippen LogP contribution in [-0.2, 0) is 0 Å². The van der Waals surface area contributed by atoms with Gasteiger partial charge in [0.2, 0.25) is 0 Å². The first kappa shape index (κ1) is 11.5. The molecule has 0 spiro atoms. The zero-order valence-corrected chi connectivity index (χ0v) is 9.97. The number of phenols is 1. The standard InChI is InChI=1S/C14H15NO2/c1-3-5-10(6-4-2)14-12-8-7-11(16)9-13(12)17-15-14/h3,5-9,16H,4H2,1-2H3/b5-3-,10-6+. The number of rotatable bonds is 3. The lowest BCUT2D eigenvalue weighted by atomic mass is 10.1. The number of aromatic hydroxyl groups is 1. The van der Waals surface area contributed by atoms with Gasteiger partial charge in [-0.25, -0.2) is 0 Å². The Morgan fingerprint density at radius 2 is 2.29 bits per heavy atom. The number of hydrogen-bond acceptors (Lipinski definition) is 3. The van der Waals surface area contributed by atoms with Crippen LogP contribution in [0.5, 0.6) is 5.75 Å². The summed E-state index contributed by atoms with van der Waals surface area (Å²) in [4.78, 5) is 0. The van der Waals surface area contributed by atoms with Crippen molar-refractivity contribution in [3.05, 3.63) is 42.1 Å². The fourth-order valence-electron chi connectivity index (χ4n) is 1.78. The number of hydrogen-bond donors (Lipinski definition) is 1. The number of fused-ring (bicyclic) bond motifs is 1. The maximum atomic E-state index is 9.37. The highest BCUT2D eigenvalue weighted by Crippen LogP contribution is 2.28. The van der Waals surface area contributed by atoms with E-state index in [0.717, 1.165) is 23.1 Å². The van der Waals surface area contributed by atoms with Gasteiger partial charge in [0.25, 0.3) is 0 Å². The third-order valence-corrected chi connectivity index (χ3v) is 2.50. The van der Waals surface area contributed by atoms with Crippen molar-refractivity contribution in [1.82, 2.24) is 5.16 Å². The molecule has 0 saturated carbocycles. The lowest BCUT2D eigenvalue weighted by Crippen LogP contribution is -1.81. The Kier molecular flexibility index (Phi) is 3.28. The van der Waals surface area contributed by atoms with E-state index in [1.807, 2.05) is 25.1 Å². The summed E-state index contributed by atoms with van der Waals surface area (Å²) in [5, 5.41) is 14.4. The van der Waals surface area contributed by atoms with Gasteiger partial charge in [-0.05, 0) is 31.1 Å². The highest BCUT2D eigenvalue weighted by Gasteiger charge is 2.10. The van der Waals surface area contributed by atoms with E-state index in [1.165, 1.54) is 0 Å². The lowest BCUT2D eigenvalue weighted by molar-refractivity contribution is 0.447. The molecule has 2 aromatic rings. The minimum absolute atomic E-state index is 0.187. The van der Waals surface area contributed by atoms with Crippen LogP contribution in [-0.4, -0.2) is 10.3 Å². The summed E-state index contributed by atoms with van der Waals surface area (Å²) in [6.45, 7) is 4.05. The Bertz CT molecular complexity index is 579. The normalized spacial score (nSPS) is 12.7. The Labute approximate surface area is 100 Å². The second-order valence-electron chi connectivity index (χ2n) is 3.78. The summed E-state index contributed by atoms with van der Waals surface area (Å²) < 4.78 is 5.22. The molecule has 0 radical (unpaired) electrons. The average Bonchev–Trinajstić information content (AvgIpc) is 2.71. The Balaban J connectivity index is 2.58. The maximum Gasteiger partial charge on any atom is 0.171 e. The van der Waals surface area contributed by atoms with Crippen LogP contribution in [0.3, 0.4) is 0 Å². The molecule has 0 atom stereocenters. The molecule has 17 heavy (non-hydrogen) atoms. The summed E-state index contributed by atoms with van der Waals surface area (Å²) in [6, 6.07) is 5.04. The van der Waals surface area contributed by atoms with Crippen LogP contribution in [0.4, 0.5) is 0 Å². The third kappa shape index (κ3) is 2.23. The van der Waals surface area contributed by atoms with Crippen molar-refractivity contribution >= 4 is 16.5 Å². The average molecular weight is 229 g/mol. The van der Waals surface area contributed by atoms with Gasteiger partial charge >= 0.3 is 0 Å². The smallest absolute Gasteiger partial charge is 0.171 e. The van der Waals surface area contributed by atoms with Crippen molar-refractivity contribution in [3.63, 3.8) is 0 Å². The third-order valence-electron chi connectivity index (χ3n) is 2.50. The van der Waals surface area contributed by atoms with Crippen LogP contribution in [0.2, 0.25) is 0 Å². The van der Waals surface area contributed by atoms with Gasteiger partial charge in [0.1, 0.15) is 11.4 Å². The van der Waals surface area contributed by atoms with Crippen molar-refractivity contribution in [2.24, 2.45) is 0 Å². The summed E-state index contributed by atoms with van der Waals surface area (Å²) in [5.74, 6) is 0.187. The van der Waals surface area contributed by atoms with E-state index in [4.69, 9.17) is 4.52 Å². The number of allylic oxidation sites excluding steroid dienone is 4. The molecule has 1 aromatic heterocycles. The minimum Gasteiger partial charge on any atom is -0.508 e. The van der Waals surface area contributed by atoms with Crippen LogP contribution in [0, 0.1) is 0 Å². The van der Waals surface area contributed by atoms with Crippen molar-refractivity contribution < 1.29 is 9.63 Å². The van der Waals surface area contributed by atoms with Crippen LogP contribution >= 0.6 is 0 Å². The van der Waals surface area contributed by atoms with Crippen molar-refractivity contribution in [2.75, 3.05) is 0 Å². The highest BCUT2D eigenvalue weighted by molar-refractivity contribution is 5.92. The highest BCUT2D eigenvalue weighted by atomic mass is 16.5. The Morgan fingerprint density at radius 1 is 1.47 bits per heavy atom. The molecule has 3 heteroatoms. The number of nitrogens with zero attached hydrogens (tertiary/aromatic N) is 1. The molecule has 0 aliphatic carbocycles. The first-order valence-corrected chi connectivity index (χ1v) is 5.68. The van der Waals surface area contributed by atoms with Crippen molar-refractivity contribution in [1.29, 1.82) is 0 Å². The minimum atomic E-state index is 0.187. The first-order chi connectivity index (χ1) is 8.26. The first-order valence-electron chi connectivity index (χ1n) is 5.68. The SMILES string of the molecule is C/C=C\C(=C/CC)c1noc2cc(O)ccc12. The van der Waals surface area contributed by atoms with Crippen LogP contribution < -0.4 is 0 Å². The zero-order chi connectivity index (χ0) is 12.3. The van der Waals surface area contributed by atoms with Crippen LogP contribution in [0.1, 0.15) is 26.0 Å². The van der Waals surface area contributed by atoms with Crippen molar-refractivity contribution in [2.45, 2.75) is 20.3 Å². The molecule has 1 aromatic carbocycles. The van der Waals surface area contributed by atoms with E-state index in [0.29, 0.717) is 5.58 Å². The number of aromatic nitrogens is 1. The molecule has 2 rings (SSSR count). The second kappa shape index (κ2) is 4.87. The molecule has 0 unspecified atom stereocenters. The van der Waals surface area contributed by atoms with Gasteiger partial charge in [-0.1, -0.05) is 30.3 Å². The Hall–Kier alpha value is -2.03. The second-order valence-corrected chi connectivity index (χ2v) is 3.78. The molecule has 0 bridgehead atoms. The lowest BCUT2D eigenvalue weighted by Gasteiger charge is -1.97. The molecule has 88 valence electrons. The largest absolute Gasteiger partial charge is 0.508 e. The van der Waals surface area contributed by atoms with Gasteiger partial charge in [-0.2, -0.15) is 0 Å².